The van der Waals surface area contributed by atoms with Gasteiger partial charge in [-0.15, -0.1) is 0 Å². The van der Waals surface area contributed by atoms with Crippen LogP contribution in [-0.2, 0) is 4.79 Å². The highest BCUT2D eigenvalue weighted by molar-refractivity contribution is 6.07. The number of carbonyl (C=O) groups is 2. The molecular weight excluding hydrogens is 254 g/mol. The maximum Gasteiger partial charge on any atom is 0.326 e. The van der Waals surface area contributed by atoms with Crippen molar-refractivity contribution in [3.05, 3.63) is 0 Å². The Hall–Kier alpha value is -1.10. The number of carbonyl (C=O) groups excluding carboxylic acids is 2. The Morgan fingerprint density at radius 3 is 2.15 bits per heavy atom. The van der Waals surface area contributed by atoms with E-state index in [9.17, 15) is 9.59 Å². The van der Waals surface area contributed by atoms with Crippen molar-refractivity contribution in [2.24, 2.45) is 0 Å². The van der Waals surface area contributed by atoms with Gasteiger partial charge in [0.15, 0.2) is 0 Å². The van der Waals surface area contributed by atoms with E-state index in [2.05, 4.69) is 10.2 Å². The second-order valence-electron chi connectivity index (χ2n) is 6.48. The molecule has 0 aromatic heterocycles. The Morgan fingerprint density at radius 1 is 0.900 bits per heavy atom. The average Bonchev–Trinajstić information content (AvgIpc) is 2.65. The number of piperidine rings is 1. The van der Waals surface area contributed by atoms with Crippen molar-refractivity contribution in [3.63, 3.8) is 0 Å². The number of urea groups is 1. The van der Waals surface area contributed by atoms with Crippen LogP contribution in [-0.4, -0.2) is 47.0 Å². The summed E-state index contributed by atoms with van der Waals surface area (Å²) in [4.78, 5) is 28.6. The zero-order valence-corrected chi connectivity index (χ0v) is 12.2. The lowest BCUT2D eigenvalue weighted by atomic mass is 9.90. The minimum Gasteiger partial charge on any atom is -0.323 e. The highest BCUT2D eigenvalue weighted by Gasteiger charge is 2.50. The van der Waals surface area contributed by atoms with Crippen LogP contribution in [0.4, 0.5) is 4.79 Å². The predicted molar refractivity (Wildman–Crippen MR) is 76.1 cm³/mol. The molecule has 20 heavy (non-hydrogen) atoms. The quantitative estimate of drug-likeness (QED) is 0.787. The third-order valence-electron chi connectivity index (χ3n) is 4.99. The Morgan fingerprint density at radius 2 is 1.50 bits per heavy atom. The SMILES string of the molecule is O=C1NC2(CCCCCC2)C(=O)N1CN1CCCCC1. The molecule has 0 aromatic rings. The summed E-state index contributed by atoms with van der Waals surface area (Å²) in [5, 5.41) is 3.01. The molecule has 3 rings (SSSR count). The normalized spacial score (nSPS) is 27.7. The monoisotopic (exact) mass is 279 g/mol. The molecule has 0 unspecified atom stereocenters. The third kappa shape index (κ3) is 2.55. The summed E-state index contributed by atoms with van der Waals surface area (Å²) < 4.78 is 0. The van der Waals surface area contributed by atoms with Crippen LogP contribution in [0.1, 0.15) is 57.8 Å². The fourth-order valence-corrected chi connectivity index (χ4v) is 3.78. The van der Waals surface area contributed by atoms with E-state index in [4.69, 9.17) is 0 Å². The van der Waals surface area contributed by atoms with Crippen molar-refractivity contribution in [2.75, 3.05) is 19.8 Å². The van der Waals surface area contributed by atoms with E-state index in [-0.39, 0.29) is 11.9 Å². The molecule has 5 nitrogen and oxygen atoms in total. The van der Waals surface area contributed by atoms with E-state index in [1.165, 1.54) is 37.0 Å². The van der Waals surface area contributed by atoms with Crippen molar-refractivity contribution >= 4 is 11.9 Å². The molecule has 0 aromatic carbocycles. The molecule has 3 fully saturated rings. The van der Waals surface area contributed by atoms with Gasteiger partial charge in [-0.2, -0.15) is 0 Å². The van der Waals surface area contributed by atoms with E-state index in [1.807, 2.05) is 0 Å². The van der Waals surface area contributed by atoms with Gasteiger partial charge in [0, 0.05) is 0 Å². The van der Waals surface area contributed by atoms with Gasteiger partial charge in [0.1, 0.15) is 5.54 Å². The molecule has 0 radical (unpaired) electrons. The minimum absolute atomic E-state index is 0.0231. The molecule has 2 aliphatic heterocycles. The second kappa shape index (κ2) is 5.72. The molecule has 1 spiro atoms. The number of likely N-dealkylation sites (tertiary alicyclic amines) is 1. The van der Waals surface area contributed by atoms with Gasteiger partial charge in [0.05, 0.1) is 6.67 Å². The summed E-state index contributed by atoms with van der Waals surface area (Å²) in [6.45, 7) is 2.49. The van der Waals surface area contributed by atoms with Gasteiger partial charge < -0.3 is 5.32 Å². The lowest BCUT2D eigenvalue weighted by Crippen LogP contribution is -2.48. The number of rotatable bonds is 2. The van der Waals surface area contributed by atoms with E-state index >= 15 is 0 Å². The van der Waals surface area contributed by atoms with Crippen LogP contribution in [0.15, 0.2) is 0 Å². The summed E-state index contributed by atoms with van der Waals surface area (Å²) in [7, 11) is 0. The zero-order chi connectivity index (χ0) is 14.0. The van der Waals surface area contributed by atoms with Crippen molar-refractivity contribution in [1.29, 1.82) is 0 Å². The second-order valence-corrected chi connectivity index (χ2v) is 6.48. The maximum atomic E-state index is 12.7. The molecule has 1 saturated carbocycles. The number of imide groups is 1. The summed E-state index contributed by atoms with van der Waals surface area (Å²) >= 11 is 0. The smallest absolute Gasteiger partial charge is 0.323 e. The molecule has 0 bridgehead atoms. The van der Waals surface area contributed by atoms with Crippen LogP contribution >= 0.6 is 0 Å². The Balaban J connectivity index is 1.69. The van der Waals surface area contributed by atoms with Crippen molar-refractivity contribution in [2.45, 2.75) is 63.3 Å². The predicted octanol–water partition coefficient (Wildman–Crippen LogP) is 2.07. The molecule has 2 heterocycles. The Bertz CT molecular complexity index is 383. The fraction of sp³-hybridized carbons (Fsp3) is 0.867. The summed E-state index contributed by atoms with van der Waals surface area (Å²) in [5.41, 5.74) is -0.580. The first-order valence-electron chi connectivity index (χ1n) is 8.08. The van der Waals surface area contributed by atoms with Gasteiger partial charge in [0.2, 0.25) is 0 Å². The number of hydrogen-bond donors (Lipinski definition) is 1. The molecule has 1 N–H and O–H groups in total. The van der Waals surface area contributed by atoms with Crippen molar-refractivity contribution in [3.8, 4) is 0 Å². The van der Waals surface area contributed by atoms with E-state index in [0.717, 1.165) is 38.8 Å². The Kier molecular flexibility index (Phi) is 3.96. The van der Waals surface area contributed by atoms with Crippen molar-refractivity contribution < 1.29 is 9.59 Å². The average molecular weight is 279 g/mol. The van der Waals surface area contributed by atoms with Crippen LogP contribution in [0, 0.1) is 0 Å². The Labute approximate surface area is 120 Å². The lowest BCUT2D eigenvalue weighted by Gasteiger charge is -2.30. The van der Waals surface area contributed by atoms with Gasteiger partial charge in [-0.1, -0.05) is 32.1 Å². The zero-order valence-electron chi connectivity index (χ0n) is 12.2. The summed E-state index contributed by atoms with van der Waals surface area (Å²) in [6.07, 6.45) is 9.69. The topological polar surface area (TPSA) is 52.7 Å². The third-order valence-corrected chi connectivity index (χ3v) is 4.99. The first-order valence-corrected chi connectivity index (χ1v) is 8.08. The van der Waals surface area contributed by atoms with Crippen LogP contribution in [0.5, 0.6) is 0 Å². The van der Waals surface area contributed by atoms with Gasteiger partial charge in [-0.3, -0.25) is 9.69 Å². The molecule has 3 amide bonds. The molecule has 2 saturated heterocycles. The minimum atomic E-state index is -0.580. The number of nitrogens with zero attached hydrogens (tertiary/aromatic N) is 2. The molecule has 0 atom stereocenters. The number of hydrogen-bond acceptors (Lipinski definition) is 3. The van der Waals surface area contributed by atoms with E-state index in [0.29, 0.717) is 6.67 Å². The summed E-state index contributed by atoms with van der Waals surface area (Å²) in [5.74, 6) is 0.0231. The summed E-state index contributed by atoms with van der Waals surface area (Å²) in [6, 6.07) is -0.178. The van der Waals surface area contributed by atoms with Crippen LogP contribution in [0.3, 0.4) is 0 Å². The highest BCUT2D eigenvalue weighted by atomic mass is 16.2. The molecule has 1 aliphatic carbocycles. The van der Waals surface area contributed by atoms with Gasteiger partial charge >= 0.3 is 6.03 Å². The molecule has 3 aliphatic rings. The van der Waals surface area contributed by atoms with Gasteiger partial charge in [-0.25, -0.2) is 9.69 Å². The first kappa shape index (κ1) is 13.9. The highest BCUT2D eigenvalue weighted by Crippen LogP contribution is 2.32. The van der Waals surface area contributed by atoms with Crippen LogP contribution < -0.4 is 5.32 Å². The number of nitrogens with one attached hydrogen (secondary N) is 1. The van der Waals surface area contributed by atoms with Crippen molar-refractivity contribution in [1.82, 2.24) is 15.1 Å². The fourth-order valence-electron chi connectivity index (χ4n) is 3.78. The first-order chi connectivity index (χ1) is 9.71. The standard InChI is InChI=1S/C15H25N3O2/c19-13-15(8-4-1-2-5-9-15)16-14(20)18(13)12-17-10-6-3-7-11-17/h1-12H2,(H,16,20). The van der Waals surface area contributed by atoms with Crippen LogP contribution in [0.2, 0.25) is 0 Å². The van der Waals surface area contributed by atoms with E-state index in [1.54, 1.807) is 0 Å². The largest absolute Gasteiger partial charge is 0.326 e. The molecule has 112 valence electrons. The van der Waals surface area contributed by atoms with E-state index < -0.39 is 5.54 Å². The van der Waals surface area contributed by atoms with Gasteiger partial charge in [0.25, 0.3) is 5.91 Å². The number of amides is 3. The molecular formula is C15H25N3O2. The maximum absolute atomic E-state index is 12.7. The lowest BCUT2D eigenvalue weighted by molar-refractivity contribution is -0.133. The van der Waals surface area contributed by atoms with Gasteiger partial charge in [-0.05, 0) is 38.8 Å². The van der Waals surface area contributed by atoms with Crippen LogP contribution in [0.25, 0.3) is 0 Å². The molecule has 5 heteroatoms.